The third-order valence-corrected chi connectivity index (χ3v) is 4.39. The number of carbonyl (C=O) groups is 1. The van der Waals surface area contributed by atoms with Crippen molar-refractivity contribution in [2.75, 3.05) is 65.4 Å². The van der Waals surface area contributed by atoms with Gasteiger partial charge in [-0.3, -0.25) is 9.80 Å². The zero-order chi connectivity index (χ0) is 18.7. The Labute approximate surface area is 150 Å². The van der Waals surface area contributed by atoms with Gasteiger partial charge in [0.25, 0.3) is 0 Å². The molecule has 2 heterocycles. The van der Waals surface area contributed by atoms with E-state index in [1.54, 1.807) is 37.7 Å². The molecule has 2 N–H and O–H groups in total. The van der Waals surface area contributed by atoms with E-state index in [9.17, 15) is 15.0 Å². The van der Waals surface area contributed by atoms with Crippen molar-refractivity contribution in [1.82, 2.24) is 19.8 Å². The Bertz CT molecular complexity index is 431. The van der Waals surface area contributed by atoms with E-state index in [0.717, 1.165) is 26.2 Å². The van der Waals surface area contributed by atoms with Crippen LogP contribution in [0.25, 0.3) is 0 Å². The van der Waals surface area contributed by atoms with Crippen molar-refractivity contribution >= 4 is 6.09 Å². The second-order valence-electron chi connectivity index (χ2n) is 8.45. The van der Waals surface area contributed by atoms with Crippen LogP contribution in [0.15, 0.2) is 0 Å². The fourth-order valence-corrected chi connectivity index (χ4v) is 3.33. The average molecular weight is 358 g/mol. The molecule has 2 rings (SSSR count). The van der Waals surface area contributed by atoms with Crippen LogP contribution in [0, 0.1) is 0 Å². The van der Waals surface area contributed by atoms with E-state index in [1.165, 1.54) is 0 Å². The predicted molar refractivity (Wildman–Crippen MR) is 95.1 cm³/mol. The molecular weight excluding hydrogens is 324 g/mol. The first-order chi connectivity index (χ1) is 11.5. The van der Waals surface area contributed by atoms with Crippen molar-refractivity contribution < 1.29 is 19.8 Å². The lowest BCUT2D eigenvalue weighted by molar-refractivity contribution is -0.139. The Morgan fingerprint density at radius 3 is 1.60 bits per heavy atom. The summed E-state index contributed by atoms with van der Waals surface area (Å²) in [5, 5.41) is 21.5. The van der Waals surface area contributed by atoms with E-state index in [2.05, 4.69) is 9.80 Å². The Balaban J connectivity index is 1.68. The van der Waals surface area contributed by atoms with Crippen LogP contribution in [-0.4, -0.2) is 113 Å². The first-order valence-electron chi connectivity index (χ1n) is 9.13. The van der Waals surface area contributed by atoms with Gasteiger partial charge in [0.15, 0.2) is 0 Å². The first kappa shape index (κ1) is 20.4. The number of amides is 1. The third-order valence-electron chi connectivity index (χ3n) is 4.39. The van der Waals surface area contributed by atoms with Gasteiger partial charge in [0.2, 0.25) is 0 Å². The van der Waals surface area contributed by atoms with Gasteiger partial charge in [-0.25, -0.2) is 4.79 Å². The predicted octanol–water partition coefficient (Wildman–Crippen LogP) is -0.185. The number of nitrogens with zero attached hydrogens (tertiary/aromatic N) is 4. The fourth-order valence-electron chi connectivity index (χ4n) is 3.33. The summed E-state index contributed by atoms with van der Waals surface area (Å²) in [6, 6.07) is 0. The second-order valence-corrected chi connectivity index (χ2v) is 8.45. The molecule has 0 saturated carbocycles. The minimum atomic E-state index is -0.717. The van der Waals surface area contributed by atoms with Crippen LogP contribution >= 0.6 is 0 Å². The standard InChI is InChI=1S/C17H34N4O4/c1-16(2,23)13-18-5-9-20(10-6-18)15(22)25-21-11-7-19(8-12-21)14-17(3,4)24/h23-24H,5-14H2,1-4H3. The van der Waals surface area contributed by atoms with E-state index in [4.69, 9.17) is 4.84 Å². The molecule has 0 unspecified atom stereocenters. The summed E-state index contributed by atoms with van der Waals surface area (Å²) in [6.07, 6.45) is -0.293. The molecule has 0 bridgehead atoms. The van der Waals surface area contributed by atoms with Gasteiger partial charge in [0.05, 0.1) is 11.2 Å². The van der Waals surface area contributed by atoms with Gasteiger partial charge >= 0.3 is 6.09 Å². The molecule has 2 fully saturated rings. The molecule has 8 nitrogen and oxygen atoms in total. The number of hydrogen-bond acceptors (Lipinski definition) is 7. The van der Waals surface area contributed by atoms with Crippen molar-refractivity contribution in [2.45, 2.75) is 38.9 Å². The van der Waals surface area contributed by atoms with Crippen LogP contribution in [0.3, 0.4) is 0 Å². The smallest absolute Gasteiger partial charge is 0.389 e. The van der Waals surface area contributed by atoms with Crippen molar-refractivity contribution in [2.24, 2.45) is 0 Å². The number of aliphatic hydroxyl groups is 2. The zero-order valence-corrected chi connectivity index (χ0v) is 16.1. The highest BCUT2D eigenvalue weighted by molar-refractivity contribution is 5.67. The minimum Gasteiger partial charge on any atom is -0.389 e. The molecule has 0 atom stereocenters. The van der Waals surface area contributed by atoms with Crippen LogP contribution in [0.2, 0.25) is 0 Å². The fraction of sp³-hybridized carbons (Fsp3) is 0.941. The molecule has 0 aliphatic carbocycles. The Morgan fingerprint density at radius 1 is 0.800 bits per heavy atom. The van der Waals surface area contributed by atoms with Gasteiger partial charge in [-0.05, 0) is 27.7 Å². The quantitative estimate of drug-likeness (QED) is 0.705. The number of carbonyl (C=O) groups excluding carboxylic acids is 1. The number of rotatable bonds is 5. The molecule has 0 aromatic heterocycles. The van der Waals surface area contributed by atoms with Gasteiger partial charge in [-0.2, -0.15) is 0 Å². The van der Waals surface area contributed by atoms with Crippen LogP contribution in [-0.2, 0) is 4.84 Å². The topological polar surface area (TPSA) is 79.7 Å². The maximum atomic E-state index is 12.3. The molecule has 2 aliphatic rings. The zero-order valence-electron chi connectivity index (χ0n) is 16.1. The summed E-state index contributed by atoms with van der Waals surface area (Å²) in [6.45, 7) is 14.0. The average Bonchev–Trinajstić information content (AvgIpc) is 2.47. The van der Waals surface area contributed by atoms with Gasteiger partial charge in [0, 0.05) is 65.4 Å². The highest BCUT2D eigenvalue weighted by Gasteiger charge is 2.29. The van der Waals surface area contributed by atoms with Gasteiger partial charge in [-0.1, -0.05) is 0 Å². The summed E-state index contributed by atoms with van der Waals surface area (Å²) in [5.74, 6) is 0. The largest absolute Gasteiger partial charge is 0.429 e. The highest BCUT2D eigenvalue weighted by Crippen LogP contribution is 2.12. The normalized spacial score (nSPS) is 22.2. The van der Waals surface area contributed by atoms with Crippen LogP contribution in [0.4, 0.5) is 4.79 Å². The molecule has 0 aromatic carbocycles. The first-order valence-corrected chi connectivity index (χ1v) is 9.13. The second kappa shape index (κ2) is 8.18. The molecule has 1 amide bonds. The van der Waals surface area contributed by atoms with Crippen molar-refractivity contribution in [3.05, 3.63) is 0 Å². The Hall–Kier alpha value is -0.930. The highest BCUT2D eigenvalue weighted by atomic mass is 16.7. The van der Waals surface area contributed by atoms with Gasteiger partial charge in [0.1, 0.15) is 0 Å². The minimum absolute atomic E-state index is 0.293. The monoisotopic (exact) mass is 358 g/mol. The number of hydroxylamine groups is 2. The van der Waals surface area contributed by atoms with Crippen LogP contribution in [0.1, 0.15) is 27.7 Å². The molecule has 2 aliphatic heterocycles. The van der Waals surface area contributed by atoms with Crippen LogP contribution in [0.5, 0.6) is 0 Å². The lowest BCUT2D eigenvalue weighted by Gasteiger charge is -2.39. The molecule has 25 heavy (non-hydrogen) atoms. The number of hydrogen-bond donors (Lipinski definition) is 2. The van der Waals surface area contributed by atoms with Crippen molar-refractivity contribution in [3.63, 3.8) is 0 Å². The summed E-state index contributed by atoms with van der Waals surface area (Å²) in [5.41, 5.74) is -1.42. The number of β-amino-alcohol motifs (C(OH)–C–C–N with tert-alkyl or cyclic N) is 2. The van der Waals surface area contributed by atoms with E-state index >= 15 is 0 Å². The molecule has 0 aromatic rings. The van der Waals surface area contributed by atoms with E-state index in [0.29, 0.717) is 39.3 Å². The van der Waals surface area contributed by atoms with Gasteiger partial charge in [-0.15, -0.1) is 5.06 Å². The lowest BCUT2D eigenvalue weighted by Crippen LogP contribution is -2.54. The SMILES string of the molecule is CC(C)(O)CN1CCN(OC(=O)N2CCN(CC(C)(C)O)CC2)CC1. The van der Waals surface area contributed by atoms with E-state index in [1.807, 2.05) is 0 Å². The van der Waals surface area contributed by atoms with Crippen molar-refractivity contribution in [3.8, 4) is 0 Å². The van der Waals surface area contributed by atoms with E-state index < -0.39 is 11.2 Å². The molecule has 2 saturated heterocycles. The summed E-state index contributed by atoms with van der Waals surface area (Å²) in [4.78, 5) is 23.9. The molecule has 8 heteroatoms. The summed E-state index contributed by atoms with van der Waals surface area (Å²) in [7, 11) is 0. The Morgan fingerprint density at radius 2 is 1.20 bits per heavy atom. The Kier molecular flexibility index (Phi) is 6.67. The van der Waals surface area contributed by atoms with E-state index in [-0.39, 0.29) is 6.09 Å². The summed E-state index contributed by atoms with van der Waals surface area (Å²) < 4.78 is 0. The number of piperazine rings is 2. The maximum Gasteiger partial charge on any atom is 0.429 e. The summed E-state index contributed by atoms with van der Waals surface area (Å²) >= 11 is 0. The maximum absolute atomic E-state index is 12.3. The van der Waals surface area contributed by atoms with Gasteiger partial charge < -0.3 is 20.0 Å². The molecular formula is C17H34N4O4. The van der Waals surface area contributed by atoms with Crippen LogP contribution < -0.4 is 0 Å². The molecule has 0 spiro atoms. The van der Waals surface area contributed by atoms with Crippen molar-refractivity contribution in [1.29, 1.82) is 0 Å². The molecule has 0 radical (unpaired) electrons. The molecule has 146 valence electrons. The third kappa shape index (κ3) is 7.45. The lowest BCUT2D eigenvalue weighted by atomic mass is 10.1.